The van der Waals surface area contributed by atoms with Crippen molar-refractivity contribution in [2.45, 2.75) is 44.3 Å². The number of aromatic nitrogens is 4. The maximum Gasteiger partial charge on any atom is 0.242 e. The molecule has 1 saturated heterocycles. The summed E-state index contributed by atoms with van der Waals surface area (Å²) < 4.78 is 1.50. The van der Waals surface area contributed by atoms with E-state index in [0.29, 0.717) is 17.1 Å². The van der Waals surface area contributed by atoms with Crippen molar-refractivity contribution in [2.75, 3.05) is 6.54 Å². The maximum atomic E-state index is 13.1. The average molecular weight is 544 g/mol. The van der Waals surface area contributed by atoms with Gasteiger partial charge in [0.05, 0.1) is 11.7 Å². The Morgan fingerprint density at radius 1 is 1.08 bits per heavy atom. The van der Waals surface area contributed by atoms with Crippen molar-refractivity contribution >= 4 is 23.4 Å². The minimum atomic E-state index is -0.708. The van der Waals surface area contributed by atoms with Gasteiger partial charge in [0.1, 0.15) is 12.4 Å². The van der Waals surface area contributed by atoms with Crippen LogP contribution in [-0.2, 0) is 16.1 Å². The highest BCUT2D eigenvalue weighted by atomic mass is 35.5. The van der Waals surface area contributed by atoms with Crippen molar-refractivity contribution in [1.82, 2.24) is 36.2 Å². The van der Waals surface area contributed by atoms with E-state index in [-0.39, 0.29) is 30.3 Å². The van der Waals surface area contributed by atoms with Crippen LogP contribution >= 0.6 is 11.6 Å². The molecule has 0 spiro atoms. The predicted molar refractivity (Wildman–Crippen MR) is 149 cm³/mol. The van der Waals surface area contributed by atoms with Gasteiger partial charge in [0.2, 0.25) is 11.8 Å². The maximum absolute atomic E-state index is 13.1. The van der Waals surface area contributed by atoms with Crippen LogP contribution in [0.15, 0.2) is 79.1 Å². The van der Waals surface area contributed by atoms with E-state index in [1.807, 2.05) is 18.2 Å². The van der Waals surface area contributed by atoms with Gasteiger partial charge in [-0.25, -0.2) is 4.68 Å². The number of carbonyl (C=O) groups is 2. The lowest BCUT2D eigenvalue weighted by Gasteiger charge is -2.30. The highest BCUT2D eigenvalue weighted by Gasteiger charge is 2.29. The third kappa shape index (κ3) is 6.50. The lowest BCUT2D eigenvalue weighted by molar-refractivity contribution is -0.130. The Morgan fingerprint density at radius 3 is 2.59 bits per heavy atom. The lowest BCUT2D eigenvalue weighted by atomic mass is 9.85. The second-order valence-electron chi connectivity index (χ2n) is 9.69. The van der Waals surface area contributed by atoms with Crippen molar-refractivity contribution in [3.63, 3.8) is 0 Å². The van der Waals surface area contributed by atoms with Gasteiger partial charge in [-0.2, -0.15) is 0 Å². The summed E-state index contributed by atoms with van der Waals surface area (Å²) in [5.41, 5.74) is 5.03. The summed E-state index contributed by atoms with van der Waals surface area (Å²) in [6.45, 7) is 2.62. The number of hydrogen-bond acceptors (Lipinski definition) is 6. The van der Waals surface area contributed by atoms with Crippen molar-refractivity contribution in [3.8, 4) is 16.8 Å². The molecule has 3 aromatic carbocycles. The Morgan fingerprint density at radius 2 is 1.85 bits per heavy atom. The molecule has 39 heavy (non-hydrogen) atoms. The molecule has 1 aromatic heterocycles. The van der Waals surface area contributed by atoms with Gasteiger partial charge in [0.25, 0.3) is 0 Å². The molecule has 1 unspecified atom stereocenters. The molecular weight excluding hydrogens is 514 g/mol. The molecule has 1 aliphatic rings. The molecule has 4 aromatic rings. The highest BCUT2D eigenvalue weighted by molar-refractivity contribution is 6.30. The normalized spacial score (nSPS) is 17.8. The minimum absolute atomic E-state index is 0.180. The lowest BCUT2D eigenvalue weighted by Crippen LogP contribution is -2.53. The van der Waals surface area contributed by atoms with E-state index in [0.717, 1.165) is 18.5 Å². The van der Waals surface area contributed by atoms with Gasteiger partial charge in [-0.3, -0.25) is 9.59 Å². The van der Waals surface area contributed by atoms with Gasteiger partial charge in [0, 0.05) is 11.6 Å². The molecule has 10 heteroatoms. The molecule has 0 radical (unpaired) electrons. The molecule has 5 rings (SSSR count). The number of hydrogen-bond donors (Lipinski definition) is 3. The van der Waals surface area contributed by atoms with Crippen LogP contribution in [0.2, 0.25) is 5.02 Å². The van der Waals surface area contributed by atoms with Gasteiger partial charge in [-0.15, -0.1) is 5.10 Å². The monoisotopic (exact) mass is 543 g/mol. The van der Waals surface area contributed by atoms with Gasteiger partial charge in [0.15, 0.2) is 0 Å². The van der Waals surface area contributed by atoms with Crippen LogP contribution in [0.25, 0.3) is 16.8 Å². The van der Waals surface area contributed by atoms with E-state index in [4.69, 9.17) is 11.6 Å². The predicted octanol–water partition coefficient (Wildman–Crippen LogP) is 3.64. The largest absolute Gasteiger partial charge is 0.350 e. The van der Waals surface area contributed by atoms with Crippen LogP contribution in [0.1, 0.15) is 36.8 Å². The minimum Gasteiger partial charge on any atom is -0.350 e. The number of nitrogens with one attached hydrogen (secondary N) is 3. The first-order valence-electron chi connectivity index (χ1n) is 13.0. The number of tetrazole rings is 1. The topological polar surface area (TPSA) is 114 Å². The number of piperidine rings is 1. The molecule has 2 amide bonds. The zero-order valence-corrected chi connectivity index (χ0v) is 22.3. The Kier molecular flexibility index (Phi) is 8.29. The van der Waals surface area contributed by atoms with E-state index in [1.165, 1.54) is 27.7 Å². The van der Waals surface area contributed by atoms with Gasteiger partial charge >= 0.3 is 0 Å². The molecule has 200 valence electrons. The summed E-state index contributed by atoms with van der Waals surface area (Å²) in [4.78, 5) is 25.9. The first kappa shape index (κ1) is 26.5. The molecule has 0 aliphatic carbocycles. The number of carbonyl (C=O) groups excluding carboxylic acids is 2. The summed E-state index contributed by atoms with van der Waals surface area (Å²) in [5.74, 6) is -0.210. The van der Waals surface area contributed by atoms with Crippen molar-refractivity contribution in [1.29, 1.82) is 0 Å². The van der Waals surface area contributed by atoms with Crippen LogP contribution in [0.3, 0.4) is 0 Å². The summed E-state index contributed by atoms with van der Waals surface area (Å²) in [7, 11) is 0. The molecule has 3 atom stereocenters. The highest BCUT2D eigenvalue weighted by Crippen LogP contribution is 2.30. The molecule has 0 bridgehead atoms. The molecule has 1 aliphatic heterocycles. The van der Waals surface area contributed by atoms with Crippen LogP contribution in [-0.4, -0.2) is 50.7 Å². The zero-order chi connectivity index (χ0) is 27.2. The Hall–Kier alpha value is -4.08. The quantitative estimate of drug-likeness (QED) is 0.313. The smallest absolute Gasteiger partial charge is 0.242 e. The molecule has 2 heterocycles. The summed E-state index contributed by atoms with van der Waals surface area (Å²) in [5, 5.41) is 20.8. The Labute approximate surface area is 232 Å². The van der Waals surface area contributed by atoms with Crippen LogP contribution in [0.5, 0.6) is 0 Å². The molecule has 1 fully saturated rings. The van der Waals surface area contributed by atoms with Crippen molar-refractivity contribution in [2.24, 2.45) is 0 Å². The van der Waals surface area contributed by atoms with E-state index in [1.54, 1.807) is 25.1 Å². The van der Waals surface area contributed by atoms with Crippen molar-refractivity contribution in [3.05, 3.63) is 95.3 Å². The molecule has 9 nitrogen and oxygen atoms in total. The fourth-order valence-corrected chi connectivity index (χ4v) is 5.10. The average Bonchev–Trinajstić information content (AvgIpc) is 3.51. The Bertz CT molecular complexity index is 1410. The van der Waals surface area contributed by atoms with Crippen LogP contribution < -0.4 is 16.0 Å². The number of benzene rings is 3. The van der Waals surface area contributed by atoms with Gasteiger partial charge in [-0.05, 0) is 83.1 Å². The second kappa shape index (κ2) is 12.2. The number of halogens is 1. The summed E-state index contributed by atoms with van der Waals surface area (Å²) in [6.07, 6.45) is 3.09. The first-order valence-corrected chi connectivity index (χ1v) is 13.3. The molecule has 0 saturated carbocycles. The van der Waals surface area contributed by atoms with Gasteiger partial charge in [-0.1, -0.05) is 66.2 Å². The van der Waals surface area contributed by atoms with E-state index in [9.17, 15) is 9.59 Å². The first-order chi connectivity index (χ1) is 19.0. The number of amides is 2. The summed E-state index contributed by atoms with van der Waals surface area (Å²) in [6, 6.07) is 23.0. The number of nitrogens with zero attached hydrogens (tertiary/aromatic N) is 4. The van der Waals surface area contributed by atoms with E-state index < -0.39 is 6.04 Å². The van der Waals surface area contributed by atoms with Crippen LogP contribution in [0.4, 0.5) is 0 Å². The third-order valence-electron chi connectivity index (χ3n) is 7.05. The van der Waals surface area contributed by atoms with Crippen molar-refractivity contribution < 1.29 is 9.59 Å². The fraction of sp³-hybridized carbons (Fsp3) is 0.276. The molecule has 3 N–H and O–H groups in total. The number of rotatable bonds is 8. The van der Waals surface area contributed by atoms with E-state index >= 15 is 0 Å². The zero-order valence-electron chi connectivity index (χ0n) is 21.5. The molecular formula is C29H30ClN7O2. The third-order valence-corrected chi connectivity index (χ3v) is 7.29. The SMILES string of the molecule is CC(NC(=O)[C@H]1C[C@@H](c2ccc(-c3ccccc3)cc2)CCN1)C(=O)NCc1cc(Cl)ccc1-n1cnnn1. The Balaban J connectivity index is 1.16. The fourth-order valence-electron chi connectivity index (χ4n) is 4.90. The van der Waals surface area contributed by atoms with E-state index in [2.05, 4.69) is 67.9 Å². The van der Waals surface area contributed by atoms with Crippen LogP contribution in [0, 0.1) is 0 Å². The van der Waals surface area contributed by atoms with Gasteiger partial charge < -0.3 is 16.0 Å². The standard InChI is InChI=1S/C29H30ClN7O2/c1-19(28(38)32-17-24-15-25(30)11-12-27(24)37-18-33-35-36-37)34-29(39)26-16-23(13-14-31-26)22-9-7-21(8-10-22)20-5-3-2-4-6-20/h2-12,15,18-19,23,26,31H,13-14,16-17H2,1H3,(H,32,38)(H,34,39)/t19?,23-,26+/m0/s1. The summed E-state index contributed by atoms with van der Waals surface area (Å²) >= 11 is 6.17. The second-order valence-corrected chi connectivity index (χ2v) is 10.1.